The van der Waals surface area contributed by atoms with E-state index in [4.69, 9.17) is 0 Å². The van der Waals surface area contributed by atoms with E-state index in [9.17, 15) is 9.59 Å². The number of carbonyl (C=O) groups is 2. The molecule has 1 aromatic heterocycles. The van der Waals surface area contributed by atoms with Gasteiger partial charge in [-0.2, -0.15) is 11.8 Å². The molecular weight excluding hydrogens is 392 g/mol. The van der Waals surface area contributed by atoms with Crippen molar-refractivity contribution in [2.75, 3.05) is 16.8 Å². The number of aromatic nitrogens is 2. The number of hydrogen-bond donors (Lipinski definition) is 2. The van der Waals surface area contributed by atoms with Crippen LogP contribution >= 0.6 is 27.7 Å². The van der Waals surface area contributed by atoms with Gasteiger partial charge in [0.25, 0.3) is 0 Å². The number of nitrogens with zero attached hydrogens (tertiary/aromatic N) is 2. The van der Waals surface area contributed by atoms with Gasteiger partial charge < -0.3 is 15.2 Å². The van der Waals surface area contributed by atoms with Gasteiger partial charge in [0, 0.05) is 41.8 Å². The molecule has 2 N–H and O–H groups in total. The standard InChI is InChI=1S/C16H19BrN4O2S/c1-21-8-7-18-14(21)10-19-15(22)6-9-24-11-16(23)20-13-4-2-12(17)3-5-13/h2-5,7-8H,6,9-11H2,1H3,(H,19,22)(H,20,23). The van der Waals surface area contributed by atoms with Crippen LogP contribution in [-0.4, -0.2) is 32.9 Å². The number of aryl methyl sites for hydroxylation is 1. The van der Waals surface area contributed by atoms with Crippen molar-refractivity contribution in [2.45, 2.75) is 13.0 Å². The number of imidazole rings is 1. The fourth-order valence-corrected chi connectivity index (χ4v) is 2.89. The Morgan fingerprint density at radius 1 is 1.25 bits per heavy atom. The number of amides is 2. The Morgan fingerprint density at radius 2 is 2.00 bits per heavy atom. The number of halogens is 1. The van der Waals surface area contributed by atoms with Gasteiger partial charge in [-0.25, -0.2) is 4.98 Å². The predicted molar refractivity (Wildman–Crippen MR) is 99.8 cm³/mol. The van der Waals surface area contributed by atoms with Crippen molar-refractivity contribution >= 4 is 45.2 Å². The lowest BCUT2D eigenvalue weighted by molar-refractivity contribution is -0.121. The van der Waals surface area contributed by atoms with Crippen molar-refractivity contribution in [3.63, 3.8) is 0 Å². The molecule has 0 unspecified atom stereocenters. The lowest BCUT2D eigenvalue weighted by Crippen LogP contribution is -2.24. The third-order valence-corrected chi connectivity index (χ3v) is 4.69. The van der Waals surface area contributed by atoms with Gasteiger partial charge in [0.2, 0.25) is 11.8 Å². The van der Waals surface area contributed by atoms with Gasteiger partial charge in [0.15, 0.2) is 0 Å². The van der Waals surface area contributed by atoms with E-state index in [1.165, 1.54) is 11.8 Å². The van der Waals surface area contributed by atoms with Crippen LogP contribution in [0.4, 0.5) is 5.69 Å². The molecule has 128 valence electrons. The van der Waals surface area contributed by atoms with Gasteiger partial charge in [-0.3, -0.25) is 9.59 Å². The van der Waals surface area contributed by atoms with Crippen molar-refractivity contribution in [1.29, 1.82) is 0 Å². The fraction of sp³-hybridized carbons (Fsp3) is 0.312. The number of rotatable bonds is 8. The third kappa shape index (κ3) is 6.37. The van der Waals surface area contributed by atoms with E-state index in [0.29, 0.717) is 24.5 Å². The van der Waals surface area contributed by atoms with Crippen molar-refractivity contribution in [2.24, 2.45) is 7.05 Å². The quantitative estimate of drug-likeness (QED) is 0.655. The first-order valence-electron chi connectivity index (χ1n) is 7.40. The molecule has 0 fully saturated rings. The largest absolute Gasteiger partial charge is 0.349 e. The normalized spacial score (nSPS) is 10.4. The van der Waals surface area contributed by atoms with Crippen LogP contribution in [0.2, 0.25) is 0 Å². The van der Waals surface area contributed by atoms with E-state index in [-0.39, 0.29) is 11.8 Å². The average molecular weight is 411 g/mol. The molecule has 0 spiro atoms. The van der Waals surface area contributed by atoms with Crippen LogP contribution in [0.1, 0.15) is 12.2 Å². The van der Waals surface area contributed by atoms with E-state index >= 15 is 0 Å². The number of nitrogens with one attached hydrogen (secondary N) is 2. The summed E-state index contributed by atoms with van der Waals surface area (Å²) in [6.45, 7) is 0.414. The number of benzene rings is 1. The molecule has 6 nitrogen and oxygen atoms in total. The smallest absolute Gasteiger partial charge is 0.234 e. The number of anilines is 1. The molecule has 0 aliphatic rings. The second-order valence-corrected chi connectivity index (χ2v) is 7.11. The Morgan fingerprint density at radius 3 is 2.67 bits per heavy atom. The first kappa shape index (κ1) is 18.5. The van der Waals surface area contributed by atoms with Gasteiger partial charge in [0.1, 0.15) is 5.82 Å². The summed E-state index contributed by atoms with van der Waals surface area (Å²) < 4.78 is 2.83. The van der Waals surface area contributed by atoms with E-state index < -0.39 is 0 Å². The summed E-state index contributed by atoms with van der Waals surface area (Å²) in [6.07, 6.45) is 3.91. The first-order chi connectivity index (χ1) is 11.5. The second-order valence-electron chi connectivity index (χ2n) is 5.09. The Hall–Kier alpha value is -1.80. The molecule has 1 aromatic carbocycles. The number of carbonyl (C=O) groups excluding carboxylic acids is 2. The Bertz CT molecular complexity index is 688. The minimum absolute atomic E-state index is 0.0428. The average Bonchev–Trinajstić information content (AvgIpc) is 2.97. The topological polar surface area (TPSA) is 76.0 Å². The molecule has 8 heteroatoms. The monoisotopic (exact) mass is 410 g/mol. The van der Waals surface area contributed by atoms with Crippen LogP contribution in [0.25, 0.3) is 0 Å². The minimum Gasteiger partial charge on any atom is -0.349 e. The van der Waals surface area contributed by atoms with Crippen LogP contribution in [0.5, 0.6) is 0 Å². The number of thioether (sulfide) groups is 1. The molecule has 24 heavy (non-hydrogen) atoms. The molecule has 2 rings (SSSR count). The zero-order valence-electron chi connectivity index (χ0n) is 13.3. The number of hydrogen-bond acceptors (Lipinski definition) is 4. The zero-order chi connectivity index (χ0) is 17.4. The van der Waals surface area contributed by atoms with Crippen molar-refractivity contribution < 1.29 is 9.59 Å². The second kappa shape index (κ2) is 9.48. The van der Waals surface area contributed by atoms with Gasteiger partial charge in [-0.1, -0.05) is 15.9 Å². The third-order valence-electron chi connectivity index (χ3n) is 3.20. The van der Waals surface area contributed by atoms with Crippen molar-refractivity contribution in [1.82, 2.24) is 14.9 Å². The van der Waals surface area contributed by atoms with E-state index in [1.54, 1.807) is 6.20 Å². The molecule has 1 heterocycles. The summed E-state index contributed by atoms with van der Waals surface area (Å²) in [5.74, 6) is 1.61. The highest BCUT2D eigenvalue weighted by Gasteiger charge is 2.06. The van der Waals surface area contributed by atoms with Gasteiger partial charge in [-0.15, -0.1) is 0 Å². The molecule has 0 atom stereocenters. The van der Waals surface area contributed by atoms with Crippen molar-refractivity contribution in [3.8, 4) is 0 Å². The highest BCUT2D eigenvalue weighted by Crippen LogP contribution is 2.14. The van der Waals surface area contributed by atoms with Gasteiger partial charge >= 0.3 is 0 Å². The molecule has 0 aliphatic carbocycles. The Labute approximate surface area is 153 Å². The van der Waals surface area contributed by atoms with Crippen LogP contribution < -0.4 is 10.6 Å². The van der Waals surface area contributed by atoms with Crippen molar-refractivity contribution in [3.05, 3.63) is 47.0 Å². The van der Waals surface area contributed by atoms with Crippen LogP contribution in [-0.2, 0) is 23.2 Å². The molecule has 0 radical (unpaired) electrons. The summed E-state index contributed by atoms with van der Waals surface area (Å²) in [5.41, 5.74) is 0.761. The fourth-order valence-electron chi connectivity index (χ4n) is 1.89. The minimum atomic E-state index is -0.0734. The van der Waals surface area contributed by atoms with Crippen LogP contribution in [0.3, 0.4) is 0 Å². The molecule has 0 aliphatic heterocycles. The molecule has 2 amide bonds. The highest BCUT2D eigenvalue weighted by atomic mass is 79.9. The summed E-state index contributed by atoms with van der Waals surface area (Å²) >= 11 is 4.78. The molecular formula is C16H19BrN4O2S. The van der Waals surface area contributed by atoms with Crippen LogP contribution in [0, 0.1) is 0 Å². The first-order valence-corrected chi connectivity index (χ1v) is 9.35. The summed E-state index contributed by atoms with van der Waals surface area (Å²) in [5, 5.41) is 5.63. The predicted octanol–water partition coefficient (Wildman–Crippen LogP) is 2.56. The molecule has 0 bridgehead atoms. The van der Waals surface area contributed by atoms with E-state index in [0.717, 1.165) is 16.0 Å². The van der Waals surface area contributed by atoms with Crippen LogP contribution in [0.15, 0.2) is 41.1 Å². The molecule has 0 saturated carbocycles. The lowest BCUT2D eigenvalue weighted by atomic mass is 10.3. The summed E-state index contributed by atoms with van der Waals surface area (Å²) in [7, 11) is 1.88. The maximum atomic E-state index is 11.8. The maximum Gasteiger partial charge on any atom is 0.234 e. The van der Waals surface area contributed by atoms with Gasteiger partial charge in [-0.05, 0) is 24.3 Å². The SMILES string of the molecule is Cn1ccnc1CNC(=O)CCSCC(=O)Nc1ccc(Br)cc1. The summed E-state index contributed by atoms with van der Waals surface area (Å²) in [6, 6.07) is 7.40. The highest BCUT2D eigenvalue weighted by molar-refractivity contribution is 9.10. The molecule has 2 aromatic rings. The van der Waals surface area contributed by atoms with Gasteiger partial charge in [0.05, 0.1) is 12.3 Å². The van der Waals surface area contributed by atoms with E-state index in [1.807, 2.05) is 42.1 Å². The Balaban J connectivity index is 1.58. The van der Waals surface area contributed by atoms with E-state index in [2.05, 4.69) is 31.5 Å². The summed E-state index contributed by atoms with van der Waals surface area (Å²) in [4.78, 5) is 27.7. The Kier molecular flexibility index (Phi) is 7.33. The maximum absolute atomic E-state index is 11.8. The zero-order valence-corrected chi connectivity index (χ0v) is 15.7. The molecule has 0 saturated heterocycles. The lowest BCUT2D eigenvalue weighted by Gasteiger charge is -2.06.